The quantitative estimate of drug-likeness (QED) is 0.0619. The van der Waals surface area contributed by atoms with E-state index in [-0.39, 0.29) is 31.1 Å². The number of hydrogen-bond donors (Lipinski definition) is 1. The lowest BCUT2D eigenvalue weighted by molar-refractivity contribution is -0.177. The number of aliphatic hydroxyl groups excluding tert-OH is 1. The van der Waals surface area contributed by atoms with Crippen LogP contribution in [0.3, 0.4) is 0 Å². The first-order valence-corrected chi connectivity index (χ1v) is 25.7. The highest BCUT2D eigenvalue weighted by Gasteiger charge is 2.54. The molecule has 1 fully saturated rings. The van der Waals surface area contributed by atoms with Gasteiger partial charge in [-0.15, -0.1) is 0 Å². The first-order chi connectivity index (χ1) is 28.0. The van der Waals surface area contributed by atoms with E-state index in [4.69, 9.17) is 32.8 Å². The van der Waals surface area contributed by atoms with Gasteiger partial charge in [-0.05, 0) is 60.3 Å². The van der Waals surface area contributed by atoms with E-state index in [2.05, 4.69) is 31.5 Å². The third kappa shape index (κ3) is 12.6. The summed E-state index contributed by atoms with van der Waals surface area (Å²) >= 11 is 0. The van der Waals surface area contributed by atoms with Crippen molar-refractivity contribution in [3.8, 4) is 23.3 Å². The zero-order chi connectivity index (χ0) is 44.5. The van der Waals surface area contributed by atoms with E-state index in [1.807, 2.05) is 81.4 Å². The van der Waals surface area contributed by atoms with Crippen molar-refractivity contribution in [1.82, 2.24) is 0 Å². The molecule has 0 saturated carbocycles. The van der Waals surface area contributed by atoms with Crippen LogP contribution in [0.1, 0.15) is 63.9 Å². The first kappa shape index (κ1) is 48.7. The van der Waals surface area contributed by atoms with Gasteiger partial charge in [0.2, 0.25) is 0 Å². The van der Waals surface area contributed by atoms with E-state index in [1.54, 1.807) is 38.1 Å². The highest BCUT2D eigenvalue weighted by Crippen LogP contribution is 2.41. The molecule has 14 heteroatoms. The van der Waals surface area contributed by atoms with Gasteiger partial charge in [-0.3, -0.25) is 0 Å². The zero-order valence-electron chi connectivity index (χ0n) is 36.6. The number of ether oxygens (including phenoxy) is 6. The molecule has 9 nitrogen and oxygen atoms in total. The molecule has 3 aromatic rings. The Bertz CT molecular complexity index is 1910. The van der Waals surface area contributed by atoms with Crippen LogP contribution in [0.4, 0.5) is 13.2 Å². The van der Waals surface area contributed by atoms with Gasteiger partial charge >= 0.3 is 12.1 Å². The van der Waals surface area contributed by atoms with Crippen molar-refractivity contribution in [2.75, 3.05) is 27.6 Å². The van der Waals surface area contributed by atoms with Gasteiger partial charge in [0, 0.05) is 21.3 Å². The van der Waals surface area contributed by atoms with Crippen molar-refractivity contribution in [2.24, 2.45) is 5.92 Å². The lowest BCUT2D eigenvalue weighted by Gasteiger charge is -2.45. The Morgan fingerprint density at radius 3 is 2.07 bits per heavy atom. The van der Waals surface area contributed by atoms with Crippen molar-refractivity contribution in [3.63, 3.8) is 0 Å². The SMILES string of the molecule is COCOc1cc(OC)cc(C=CCC2OC(C)(C)OC2C(O)C#CC(C(C)O[Si](c2ccccc2)(c2ccccc2)C(C)(C)C)C(F)(F)F)c1C(=O)OCC[Si](C)(C)C. The summed E-state index contributed by atoms with van der Waals surface area (Å²) in [5, 5.41) is 12.5. The van der Waals surface area contributed by atoms with Crippen LogP contribution >= 0.6 is 0 Å². The Balaban J connectivity index is 1.64. The molecule has 3 aromatic carbocycles. The van der Waals surface area contributed by atoms with E-state index in [9.17, 15) is 23.1 Å². The lowest BCUT2D eigenvalue weighted by Crippen LogP contribution is -2.68. The first-order valence-electron chi connectivity index (χ1n) is 20.1. The summed E-state index contributed by atoms with van der Waals surface area (Å²) in [6.07, 6.45) is -6.27. The molecule has 0 aromatic heterocycles. The van der Waals surface area contributed by atoms with Crippen LogP contribution in [0, 0.1) is 17.8 Å². The summed E-state index contributed by atoms with van der Waals surface area (Å²) in [5.41, 5.74) is 0.593. The Labute approximate surface area is 355 Å². The smallest absolute Gasteiger partial charge is 0.404 e. The van der Waals surface area contributed by atoms with Gasteiger partial charge in [0.15, 0.2) is 12.6 Å². The van der Waals surface area contributed by atoms with Gasteiger partial charge in [0.1, 0.15) is 35.2 Å². The maximum absolute atomic E-state index is 15.0. The van der Waals surface area contributed by atoms with Crippen LogP contribution in [-0.4, -0.2) is 91.5 Å². The van der Waals surface area contributed by atoms with Gasteiger partial charge in [0.05, 0.1) is 25.9 Å². The third-order valence-electron chi connectivity index (χ3n) is 10.2. The Morgan fingerprint density at radius 2 is 1.55 bits per heavy atom. The normalized spacial score (nSPS) is 18.6. The van der Waals surface area contributed by atoms with Gasteiger partial charge in [-0.1, -0.05) is 125 Å². The standard InChI is InChI=1S/C46H61F3O9Si2/c1-32(58-60(44(2,3)4,35-20-14-12-15-21-35)36-22-16-13-17-23-36)37(46(47,48)49)25-26-38(50)42-39(56-45(5,6)57-42)24-18-19-33-29-34(53-8)30-40(55-31-52-7)41(33)43(51)54-27-28-59(9,10)11/h12-23,29-30,32,37-39,42,50H,24,27-28,31H2,1-11H3. The molecule has 60 heavy (non-hydrogen) atoms. The van der Waals surface area contributed by atoms with Crippen LogP contribution in [0.15, 0.2) is 78.9 Å². The molecule has 328 valence electrons. The van der Waals surface area contributed by atoms with Gasteiger partial charge in [-0.2, -0.15) is 13.2 Å². The van der Waals surface area contributed by atoms with Crippen LogP contribution < -0.4 is 19.8 Å². The summed E-state index contributed by atoms with van der Waals surface area (Å²) in [6, 6.07) is 22.8. The van der Waals surface area contributed by atoms with Crippen LogP contribution in [0.2, 0.25) is 30.7 Å². The Morgan fingerprint density at radius 1 is 0.950 bits per heavy atom. The molecule has 5 unspecified atom stereocenters. The van der Waals surface area contributed by atoms with Crippen molar-refractivity contribution in [1.29, 1.82) is 0 Å². The number of benzene rings is 3. The van der Waals surface area contributed by atoms with Crippen LogP contribution in [-0.2, 0) is 23.4 Å². The lowest BCUT2D eigenvalue weighted by atomic mass is 10.0. The Kier molecular flexibility index (Phi) is 16.5. The fourth-order valence-corrected chi connectivity index (χ4v) is 12.7. The highest BCUT2D eigenvalue weighted by molar-refractivity contribution is 6.99. The third-order valence-corrected chi connectivity index (χ3v) is 17.0. The zero-order valence-corrected chi connectivity index (χ0v) is 38.6. The van der Waals surface area contributed by atoms with Crippen LogP contribution in [0.25, 0.3) is 6.08 Å². The topological polar surface area (TPSA) is 102 Å². The molecule has 0 radical (unpaired) electrons. The number of carbonyl (C=O) groups is 1. The second-order valence-electron chi connectivity index (χ2n) is 17.6. The van der Waals surface area contributed by atoms with E-state index < -0.39 is 69.7 Å². The summed E-state index contributed by atoms with van der Waals surface area (Å²) in [4.78, 5) is 13.5. The minimum absolute atomic E-state index is 0.131. The van der Waals surface area contributed by atoms with Gasteiger partial charge in [0.25, 0.3) is 8.32 Å². The van der Waals surface area contributed by atoms with E-state index in [0.717, 1.165) is 16.4 Å². The van der Waals surface area contributed by atoms with E-state index in [1.165, 1.54) is 21.1 Å². The molecule has 1 saturated heterocycles. The summed E-state index contributed by atoms with van der Waals surface area (Å²) in [6.45, 7) is 17.3. The van der Waals surface area contributed by atoms with E-state index in [0.29, 0.717) is 11.3 Å². The molecule has 0 amide bonds. The predicted molar refractivity (Wildman–Crippen MR) is 233 cm³/mol. The number of alkyl halides is 3. The largest absolute Gasteiger partial charge is 0.497 e. The summed E-state index contributed by atoms with van der Waals surface area (Å²) in [7, 11) is -1.94. The molecular formula is C46H61F3O9Si2. The van der Waals surface area contributed by atoms with Crippen LogP contribution in [0.5, 0.6) is 11.5 Å². The molecule has 0 spiro atoms. The van der Waals surface area contributed by atoms with Gasteiger partial charge < -0.3 is 38.0 Å². The second kappa shape index (κ2) is 20.3. The maximum atomic E-state index is 15.0. The molecule has 0 bridgehead atoms. The number of methoxy groups -OCH3 is 2. The second-order valence-corrected chi connectivity index (χ2v) is 27.5. The van der Waals surface area contributed by atoms with Crippen molar-refractivity contribution < 1.29 is 55.9 Å². The minimum atomic E-state index is -4.79. The molecular weight excluding hydrogens is 810 g/mol. The van der Waals surface area contributed by atoms with Crippen molar-refractivity contribution >= 4 is 38.8 Å². The fourth-order valence-electron chi connectivity index (χ4n) is 7.24. The highest BCUT2D eigenvalue weighted by atomic mass is 28.4. The number of aliphatic hydroxyl groups is 1. The number of esters is 1. The minimum Gasteiger partial charge on any atom is -0.497 e. The Hall–Kier alpha value is -3.95. The molecule has 1 N–H and O–H groups in total. The molecule has 5 atom stereocenters. The summed E-state index contributed by atoms with van der Waals surface area (Å²) < 4.78 is 86.0. The predicted octanol–water partition coefficient (Wildman–Crippen LogP) is 8.60. The number of rotatable bonds is 17. The monoisotopic (exact) mass is 870 g/mol. The van der Waals surface area contributed by atoms with Gasteiger partial charge in [-0.25, -0.2) is 4.79 Å². The summed E-state index contributed by atoms with van der Waals surface area (Å²) in [5.74, 6) is 1.44. The molecule has 4 rings (SSSR count). The number of carbonyl (C=O) groups excluding carboxylic acids is 1. The van der Waals surface area contributed by atoms with E-state index >= 15 is 0 Å². The maximum Gasteiger partial charge on any atom is 0.404 e. The molecule has 1 heterocycles. The molecule has 1 aliphatic heterocycles. The molecule has 1 aliphatic rings. The van der Waals surface area contributed by atoms with Crippen molar-refractivity contribution in [2.45, 2.75) is 115 Å². The number of halogens is 3. The average Bonchev–Trinajstić information content (AvgIpc) is 3.48. The molecule has 0 aliphatic carbocycles. The average molecular weight is 871 g/mol. The fraction of sp³-hybridized carbons (Fsp3) is 0.500. The number of hydrogen-bond acceptors (Lipinski definition) is 9. The van der Waals surface area contributed by atoms with Crippen molar-refractivity contribution in [3.05, 3.63) is 90.0 Å².